The number of nitrogens with zero attached hydrogens (tertiary/aromatic N) is 1. The summed E-state index contributed by atoms with van der Waals surface area (Å²) in [5.41, 5.74) is 6.43. The molecule has 1 aromatic heterocycles. The van der Waals surface area contributed by atoms with E-state index >= 15 is 0 Å². The summed E-state index contributed by atoms with van der Waals surface area (Å²) in [5, 5.41) is 0.728. The van der Waals surface area contributed by atoms with Crippen molar-refractivity contribution in [3.05, 3.63) is 36.5 Å². The van der Waals surface area contributed by atoms with Crippen LogP contribution in [-0.2, 0) is 10.0 Å². The average molecular weight is 281 g/mol. The number of aromatic nitrogens is 1. The van der Waals surface area contributed by atoms with Crippen LogP contribution in [0.2, 0.25) is 0 Å². The lowest BCUT2D eigenvalue weighted by atomic mass is 10.2. The van der Waals surface area contributed by atoms with Crippen molar-refractivity contribution < 1.29 is 8.42 Å². The molecule has 0 atom stereocenters. The van der Waals surface area contributed by atoms with E-state index in [2.05, 4.69) is 21.9 Å². The molecule has 18 heavy (non-hydrogen) atoms. The summed E-state index contributed by atoms with van der Waals surface area (Å²) in [4.78, 5) is 4.08. The van der Waals surface area contributed by atoms with Crippen molar-refractivity contribution >= 4 is 43.8 Å². The van der Waals surface area contributed by atoms with Crippen molar-refractivity contribution in [3.63, 3.8) is 0 Å². The summed E-state index contributed by atoms with van der Waals surface area (Å²) < 4.78 is 26.0. The van der Waals surface area contributed by atoms with Gasteiger partial charge < -0.3 is 5.73 Å². The number of rotatable bonds is 4. The molecular formula is C11H11N3O2S2. The van der Waals surface area contributed by atoms with E-state index in [9.17, 15) is 8.42 Å². The summed E-state index contributed by atoms with van der Waals surface area (Å²) >= 11 is 4.60. The average Bonchev–Trinajstić information content (AvgIpc) is 2.27. The largest absolute Gasteiger partial charge is 0.392 e. The smallest absolute Gasteiger partial charge is 0.239 e. The van der Waals surface area contributed by atoms with Crippen LogP contribution in [0.1, 0.15) is 0 Å². The molecule has 0 amide bonds. The van der Waals surface area contributed by atoms with Crippen molar-refractivity contribution in [3.8, 4) is 0 Å². The molecule has 2 rings (SSSR count). The van der Waals surface area contributed by atoms with Gasteiger partial charge in [0.2, 0.25) is 10.0 Å². The first-order chi connectivity index (χ1) is 8.48. The molecule has 7 heteroatoms. The van der Waals surface area contributed by atoms with Crippen LogP contribution in [0.15, 0.2) is 36.5 Å². The number of nitrogens with one attached hydrogen (secondary N) is 1. The van der Waals surface area contributed by atoms with E-state index in [1.165, 1.54) is 0 Å². The van der Waals surface area contributed by atoms with Crippen LogP contribution in [0.25, 0.3) is 10.9 Å². The van der Waals surface area contributed by atoms with Crippen molar-refractivity contribution in [1.29, 1.82) is 0 Å². The minimum absolute atomic E-state index is 0.0686. The number of sulfonamides is 1. The van der Waals surface area contributed by atoms with Gasteiger partial charge >= 0.3 is 0 Å². The normalized spacial score (nSPS) is 11.3. The highest BCUT2D eigenvalue weighted by atomic mass is 32.2. The number of thiocarbonyl (C=S) groups is 1. The highest BCUT2D eigenvalue weighted by Crippen LogP contribution is 2.22. The molecule has 5 nitrogen and oxygen atoms in total. The number of hydrogen-bond acceptors (Lipinski definition) is 4. The van der Waals surface area contributed by atoms with Crippen LogP contribution in [0, 0.1) is 0 Å². The second-order valence-corrected chi connectivity index (χ2v) is 5.95. The Hall–Kier alpha value is -1.73. The Kier molecular flexibility index (Phi) is 3.44. The molecule has 0 radical (unpaired) electrons. The van der Waals surface area contributed by atoms with Crippen LogP contribution in [0.4, 0.5) is 5.69 Å². The van der Waals surface area contributed by atoms with E-state index in [-0.39, 0.29) is 10.7 Å². The van der Waals surface area contributed by atoms with E-state index in [1.807, 2.05) is 0 Å². The Morgan fingerprint density at radius 2 is 2.11 bits per heavy atom. The molecule has 0 spiro atoms. The van der Waals surface area contributed by atoms with E-state index in [4.69, 9.17) is 5.73 Å². The monoisotopic (exact) mass is 281 g/mol. The number of benzene rings is 1. The van der Waals surface area contributed by atoms with Crippen LogP contribution in [-0.4, -0.2) is 24.1 Å². The van der Waals surface area contributed by atoms with Gasteiger partial charge in [-0.05, 0) is 24.3 Å². The van der Waals surface area contributed by atoms with E-state index < -0.39 is 10.0 Å². The number of nitrogens with two attached hydrogens (primary N) is 1. The molecule has 0 fully saturated rings. The first-order valence-electron chi connectivity index (χ1n) is 5.10. The highest BCUT2D eigenvalue weighted by Gasteiger charge is 2.13. The minimum Gasteiger partial charge on any atom is -0.392 e. The lowest BCUT2D eigenvalue weighted by molar-refractivity contribution is 0.605. The SMILES string of the molecule is NC(=S)CS(=O)(=O)Nc1cccc2ncccc12. The standard InChI is InChI=1S/C11H11N3O2S2/c12-11(17)7-18(15,16)14-10-5-1-4-9-8(10)3-2-6-13-9/h1-6,14H,7H2,(H2,12,17). The summed E-state index contributed by atoms with van der Waals surface area (Å²) in [7, 11) is -3.57. The summed E-state index contributed by atoms with van der Waals surface area (Å²) in [6.45, 7) is 0. The number of hydrogen-bond donors (Lipinski definition) is 2. The van der Waals surface area contributed by atoms with Gasteiger partial charge in [0, 0.05) is 11.6 Å². The number of pyridine rings is 1. The predicted molar refractivity (Wildman–Crippen MR) is 75.9 cm³/mol. The minimum atomic E-state index is -3.57. The Labute approximate surface area is 110 Å². The maximum Gasteiger partial charge on any atom is 0.239 e. The third-order valence-corrected chi connectivity index (χ3v) is 3.79. The van der Waals surface area contributed by atoms with Gasteiger partial charge in [0.15, 0.2) is 0 Å². The third kappa shape index (κ3) is 2.93. The fraction of sp³-hybridized carbons (Fsp3) is 0.0909. The quantitative estimate of drug-likeness (QED) is 0.824. The molecule has 94 valence electrons. The molecule has 2 aromatic rings. The zero-order chi connectivity index (χ0) is 13.2. The van der Waals surface area contributed by atoms with Gasteiger partial charge in [-0.1, -0.05) is 18.3 Å². The predicted octanol–water partition coefficient (Wildman–Crippen LogP) is 1.26. The molecule has 0 saturated carbocycles. The van der Waals surface area contributed by atoms with Crippen molar-refractivity contribution in [1.82, 2.24) is 4.98 Å². The van der Waals surface area contributed by atoms with Gasteiger partial charge in [0.1, 0.15) is 5.75 Å². The van der Waals surface area contributed by atoms with Gasteiger partial charge in [-0.25, -0.2) is 8.42 Å². The second kappa shape index (κ2) is 4.87. The zero-order valence-electron chi connectivity index (χ0n) is 9.33. The van der Waals surface area contributed by atoms with Crippen molar-refractivity contribution in [2.45, 2.75) is 0 Å². The molecule has 0 bridgehead atoms. The Bertz CT molecular complexity index is 693. The van der Waals surface area contributed by atoms with Gasteiger partial charge in [-0.3, -0.25) is 9.71 Å². The molecule has 0 aliphatic carbocycles. The Balaban J connectivity index is 2.41. The molecule has 0 aliphatic heterocycles. The van der Waals surface area contributed by atoms with Gasteiger partial charge in [-0.15, -0.1) is 0 Å². The topological polar surface area (TPSA) is 85.1 Å². The molecule has 1 aromatic carbocycles. The van der Waals surface area contributed by atoms with Crippen LogP contribution < -0.4 is 10.5 Å². The molecule has 0 unspecified atom stereocenters. The van der Waals surface area contributed by atoms with Crippen LogP contribution in [0.5, 0.6) is 0 Å². The lowest BCUT2D eigenvalue weighted by Crippen LogP contribution is -2.26. The summed E-state index contributed by atoms with van der Waals surface area (Å²) in [6.07, 6.45) is 1.65. The van der Waals surface area contributed by atoms with Crippen LogP contribution in [0.3, 0.4) is 0 Å². The summed E-state index contributed by atoms with van der Waals surface area (Å²) in [6, 6.07) is 8.74. The fourth-order valence-corrected chi connectivity index (χ4v) is 3.01. The summed E-state index contributed by atoms with van der Waals surface area (Å²) in [5.74, 6) is -0.376. The molecule has 1 heterocycles. The number of anilines is 1. The fourth-order valence-electron chi connectivity index (χ4n) is 1.58. The highest BCUT2D eigenvalue weighted by molar-refractivity contribution is 7.95. The van der Waals surface area contributed by atoms with Gasteiger partial charge in [0.05, 0.1) is 16.2 Å². The van der Waals surface area contributed by atoms with E-state index in [0.29, 0.717) is 11.2 Å². The number of fused-ring (bicyclic) bond motifs is 1. The molecule has 0 aliphatic rings. The Morgan fingerprint density at radius 3 is 2.83 bits per heavy atom. The lowest BCUT2D eigenvalue weighted by Gasteiger charge is -2.09. The van der Waals surface area contributed by atoms with Gasteiger partial charge in [-0.2, -0.15) is 0 Å². The zero-order valence-corrected chi connectivity index (χ0v) is 11.0. The first kappa shape index (κ1) is 12.7. The van der Waals surface area contributed by atoms with E-state index in [0.717, 1.165) is 5.39 Å². The van der Waals surface area contributed by atoms with E-state index in [1.54, 1.807) is 36.5 Å². The maximum atomic E-state index is 11.8. The Morgan fingerprint density at radius 1 is 1.33 bits per heavy atom. The second-order valence-electron chi connectivity index (χ2n) is 3.70. The maximum absolute atomic E-state index is 11.8. The molecule has 0 saturated heterocycles. The van der Waals surface area contributed by atoms with Crippen LogP contribution >= 0.6 is 12.2 Å². The molecule has 3 N–H and O–H groups in total. The first-order valence-corrected chi connectivity index (χ1v) is 7.16. The third-order valence-electron chi connectivity index (χ3n) is 2.24. The van der Waals surface area contributed by atoms with Crippen molar-refractivity contribution in [2.24, 2.45) is 5.73 Å². The van der Waals surface area contributed by atoms with Gasteiger partial charge in [0.25, 0.3) is 0 Å². The van der Waals surface area contributed by atoms with Crippen molar-refractivity contribution in [2.75, 3.05) is 10.5 Å². The molecular weight excluding hydrogens is 270 g/mol.